The third kappa shape index (κ3) is 2.64. The summed E-state index contributed by atoms with van der Waals surface area (Å²) in [5, 5.41) is 2.61. The summed E-state index contributed by atoms with van der Waals surface area (Å²) in [4.78, 5) is 10.5. The summed E-state index contributed by atoms with van der Waals surface area (Å²) in [5.74, 6) is -2.09. The van der Waals surface area contributed by atoms with Crippen LogP contribution in [0.3, 0.4) is 0 Å². The van der Waals surface area contributed by atoms with Crippen molar-refractivity contribution in [3.05, 3.63) is 53.6 Å². The van der Waals surface area contributed by atoms with E-state index in [0.29, 0.717) is 17.3 Å². The first-order valence-electron chi connectivity index (χ1n) is 6.26. The lowest BCUT2D eigenvalue weighted by Gasteiger charge is -2.10. The van der Waals surface area contributed by atoms with Crippen LogP contribution < -0.4 is 10.0 Å². The predicted molar refractivity (Wildman–Crippen MR) is 75.9 cm³/mol. The number of anilines is 2. The molecule has 0 saturated heterocycles. The van der Waals surface area contributed by atoms with Crippen LogP contribution in [0.25, 0.3) is 0 Å². The number of rotatable bonds is 3. The highest BCUT2D eigenvalue weighted by Crippen LogP contribution is 2.27. The third-order valence-corrected chi connectivity index (χ3v) is 4.56. The zero-order chi connectivity index (χ0) is 15.9. The largest absolute Gasteiger partial charge is 0.326 e. The van der Waals surface area contributed by atoms with Gasteiger partial charge in [-0.15, -0.1) is 0 Å². The fourth-order valence-corrected chi connectivity index (χ4v) is 3.33. The summed E-state index contributed by atoms with van der Waals surface area (Å²) in [5.41, 5.74) is 1.40. The summed E-state index contributed by atoms with van der Waals surface area (Å²) < 4.78 is 53.2. The van der Waals surface area contributed by atoms with Gasteiger partial charge in [-0.05, 0) is 42.0 Å². The molecule has 0 atom stereocenters. The fourth-order valence-electron chi connectivity index (χ4n) is 2.19. The molecule has 5 nitrogen and oxygen atoms in total. The lowest BCUT2D eigenvalue weighted by molar-refractivity contribution is -0.115. The molecular weight excluding hydrogens is 314 g/mol. The average Bonchev–Trinajstić information content (AvgIpc) is 2.80. The Bertz CT molecular complexity index is 882. The van der Waals surface area contributed by atoms with E-state index >= 15 is 0 Å². The standard InChI is InChI=1S/C14H10F2N2O3S/c15-9-1-3-11(16)13(7-9)22(20,21)18-10-2-4-12-8(5-10)6-14(19)17-12/h1-5,7,18H,6H2,(H,17,19). The number of fused-ring (bicyclic) bond motifs is 1. The van der Waals surface area contributed by atoms with Gasteiger partial charge in [0.2, 0.25) is 5.91 Å². The number of hydrogen-bond acceptors (Lipinski definition) is 3. The first kappa shape index (κ1) is 14.5. The van der Waals surface area contributed by atoms with Crippen molar-refractivity contribution in [2.45, 2.75) is 11.3 Å². The van der Waals surface area contributed by atoms with E-state index in [1.54, 1.807) is 6.07 Å². The zero-order valence-corrected chi connectivity index (χ0v) is 11.9. The van der Waals surface area contributed by atoms with Gasteiger partial charge < -0.3 is 5.32 Å². The molecule has 0 aromatic heterocycles. The van der Waals surface area contributed by atoms with Crippen LogP contribution >= 0.6 is 0 Å². The summed E-state index contributed by atoms with van der Waals surface area (Å²) in [6.45, 7) is 0. The molecule has 2 N–H and O–H groups in total. The Balaban J connectivity index is 1.94. The smallest absolute Gasteiger partial charge is 0.264 e. The molecule has 22 heavy (non-hydrogen) atoms. The van der Waals surface area contributed by atoms with E-state index < -0.39 is 26.6 Å². The van der Waals surface area contributed by atoms with Crippen molar-refractivity contribution in [3.8, 4) is 0 Å². The number of amides is 1. The van der Waals surface area contributed by atoms with Crippen molar-refractivity contribution < 1.29 is 22.0 Å². The minimum Gasteiger partial charge on any atom is -0.326 e. The average molecular weight is 324 g/mol. The molecule has 0 radical (unpaired) electrons. The van der Waals surface area contributed by atoms with Gasteiger partial charge in [0.05, 0.1) is 6.42 Å². The van der Waals surface area contributed by atoms with Gasteiger partial charge in [-0.1, -0.05) is 0 Å². The van der Waals surface area contributed by atoms with Crippen LogP contribution in [0, 0.1) is 11.6 Å². The van der Waals surface area contributed by atoms with Crippen LogP contribution in [0.2, 0.25) is 0 Å². The van der Waals surface area contributed by atoms with Crippen LogP contribution in [0.5, 0.6) is 0 Å². The third-order valence-electron chi connectivity index (χ3n) is 3.17. The van der Waals surface area contributed by atoms with E-state index in [9.17, 15) is 22.0 Å². The van der Waals surface area contributed by atoms with Gasteiger partial charge >= 0.3 is 0 Å². The Hall–Kier alpha value is -2.48. The van der Waals surface area contributed by atoms with E-state index in [0.717, 1.165) is 12.1 Å². The maximum absolute atomic E-state index is 13.6. The Morgan fingerprint density at radius 1 is 1.09 bits per heavy atom. The molecule has 0 saturated carbocycles. The Morgan fingerprint density at radius 2 is 1.86 bits per heavy atom. The summed E-state index contributed by atoms with van der Waals surface area (Å²) in [7, 11) is -4.27. The number of halogens is 2. The van der Waals surface area contributed by atoms with Gasteiger partial charge in [0.25, 0.3) is 10.0 Å². The highest BCUT2D eigenvalue weighted by atomic mass is 32.2. The van der Waals surface area contributed by atoms with Gasteiger partial charge in [0.15, 0.2) is 0 Å². The van der Waals surface area contributed by atoms with Crippen molar-refractivity contribution in [3.63, 3.8) is 0 Å². The van der Waals surface area contributed by atoms with Crippen LogP contribution in [-0.2, 0) is 21.2 Å². The number of benzene rings is 2. The molecule has 2 aromatic rings. The first-order chi connectivity index (χ1) is 10.3. The van der Waals surface area contributed by atoms with E-state index in [1.807, 2.05) is 0 Å². The maximum Gasteiger partial charge on any atom is 0.264 e. The zero-order valence-electron chi connectivity index (χ0n) is 11.1. The van der Waals surface area contributed by atoms with Crippen LogP contribution in [-0.4, -0.2) is 14.3 Å². The number of carbonyl (C=O) groups excluding carboxylic acids is 1. The molecule has 1 aliphatic rings. The summed E-state index contributed by atoms with van der Waals surface area (Å²) in [6, 6.07) is 6.63. The Labute approximate surface area is 125 Å². The minimum absolute atomic E-state index is 0.138. The first-order valence-corrected chi connectivity index (χ1v) is 7.74. The molecule has 2 aromatic carbocycles. The number of carbonyl (C=O) groups is 1. The van der Waals surface area contributed by atoms with E-state index in [2.05, 4.69) is 10.0 Å². The van der Waals surface area contributed by atoms with Crippen LogP contribution in [0.1, 0.15) is 5.56 Å². The fraction of sp³-hybridized carbons (Fsp3) is 0.0714. The summed E-state index contributed by atoms with van der Waals surface area (Å²) in [6.07, 6.45) is 0.138. The van der Waals surface area contributed by atoms with Crippen molar-refractivity contribution >= 4 is 27.3 Å². The molecule has 1 amide bonds. The minimum atomic E-state index is -4.27. The number of nitrogens with one attached hydrogen (secondary N) is 2. The Kier molecular flexibility index (Phi) is 3.32. The lowest BCUT2D eigenvalue weighted by Crippen LogP contribution is -2.15. The van der Waals surface area contributed by atoms with Crippen LogP contribution in [0.15, 0.2) is 41.3 Å². The number of sulfonamides is 1. The lowest BCUT2D eigenvalue weighted by atomic mass is 10.1. The predicted octanol–water partition coefficient (Wildman–Crippen LogP) is 2.26. The van der Waals surface area contributed by atoms with Gasteiger partial charge in [0, 0.05) is 11.4 Å². The second-order valence-corrected chi connectivity index (χ2v) is 6.43. The number of hydrogen-bond donors (Lipinski definition) is 2. The molecule has 0 aliphatic carbocycles. The van der Waals surface area contributed by atoms with Gasteiger partial charge in [0.1, 0.15) is 16.5 Å². The summed E-state index contributed by atoms with van der Waals surface area (Å²) >= 11 is 0. The van der Waals surface area contributed by atoms with Crippen molar-refractivity contribution in [2.24, 2.45) is 0 Å². The van der Waals surface area contributed by atoms with Crippen molar-refractivity contribution in [1.82, 2.24) is 0 Å². The molecule has 1 heterocycles. The normalized spacial score (nSPS) is 13.6. The second-order valence-electron chi connectivity index (χ2n) is 4.78. The van der Waals surface area contributed by atoms with Crippen LogP contribution in [0.4, 0.5) is 20.2 Å². The molecule has 0 bridgehead atoms. The van der Waals surface area contributed by atoms with Crippen molar-refractivity contribution in [1.29, 1.82) is 0 Å². The van der Waals surface area contributed by atoms with E-state index in [4.69, 9.17) is 0 Å². The molecule has 0 spiro atoms. The molecule has 3 rings (SSSR count). The van der Waals surface area contributed by atoms with Crippen molar-refractivity contribution in [2.75, 3.05) is 10.0 Å². The van der Waals surface area contributed by atoms with Gasteiger partial charge in [-0.25, -0.2) is 17.2 Å². The molecule has 0 fully saturated rings. The quantitative estimate of drug-likeness (QED) is 0.909. The highest BCUT2D eigenvalue weighted by Gasteiger charge is 2.22. The van der Waals surface area contributed by atoms with E-state index in [1.165, 1.54) is 12.1 Å². The molecule has 8 heteroatoms. The SMILES string of the molecule is O=C1Cc2cc(NS(=O)(=O)c3cc(F)ccc3F)ccc2N1. The highest BCUT2D eigenvalue weighted by molar-refractivity contribution is 7.92. The molecule has 114 valence electrons. The van der Waals surface area contributed by atoms with Gasteiger partial charge in [-0.2, -0.15) is 0 Å². The monoisotopic (exact) mass is 324 g/mol. The molecule has 1 aliphatic heterocycles. The molecule has 0 unspecified atom stereocenters. The Morgan fingerprint density at radius 3 is 2.64 bits per heavy atom. The van der Waals surface area contributed by atoms with Gasteiger partial charge in [-0.3, -0.25) is 9.52 Å². The maximum atomic E-state index is 13.6. The topological polar surface area (TPSA) is 75.3 Å². The van der Waals surface area contributed by atoms with E-state index in [-0.39, 0.29) is 18.0 Å². The molecular formula is C14H10F2N2O3S. The second kappa shape index (κ2) is 5.06.